The van der Waals surface area contributed by atoms with Gasteiger partial charge in [-0.05, 0) is 111 Å². The molecule has 0 saturated heterocycles. The van der Waals surface area contributed by atoms with Crippen molar-refractivity contribution in [2.75, 3.05) is 35.4 Å². The molecule has 0 unspecified atom stereocenters. The van der Waals surface area contributed by atoms with Gasteiger partial charge in [-0.1, -0.05) is 71.7 Å². The van der Waals surface area contributed by atoms with Crippen LogP contribution in [0.2, 0.25) is 10.0 Å². The summed E-state index contributed by atoms with van der Waals surface area (Å²) in [5, 5.41) is 3.75. The van der Waals surface area contributed by atoms with E-state index in [9.17, 15) is 0 Å². The lowest BCUT2D eigenvalue weighted by Crippen LogP contribution is -3.00. The highest BCUT2D eigenvalue weighted by molar-refractivity contribution is 6.31. The smallest absolute Gasteiger partial charge is 0.219 e. The van der Waals surface area contributed by atoms with Gasteiger partial charge in [0, 0.05) is 81.3 Å². The molecule has 10 heteroatoms. The highest BCUT2D eigenvalue weighted by atomic mass is 79.9. The third-order valence-corrected chi connectivity index (χ3v) is 12.0. The van der Waals surface area contributed by atoms with Gasteiger partial charge in [0.2, 0.25) is 11.0 Å². The van der Waals surface area contributed by atoms with E-state index in [1.807, 2.05) is 60.7 Å². The van der Waals surface area contributed by atoms with Gasteiger partial charge in [-0.15, -0.1) is 0 Å². The number of nitrogens with zero attached hydrogens (tertiary/aromatic N) is 4. The summed E-state index contributed by atoms with van der Waals surface area (Å²) in [6.07, 6.45) is 6.28. The van der Waals surface area contributed by atoms with Crippen LogP contribution in [0.5, 0.6) is 0 Å². The van der Waals surface area contributed by atoms with Crippen molar-refractivity contribution in [3.05, 3.63) is 189 Å². The van der Waals surface area contributed by atoms with Crippen LogP contribution in [0, 0.1) is 13.8 Å². The number of fused-ring (bicyclic) bond motifs is 2. The zero-order valence-electron chi connectivity index (χ0n) is 34.1. The quantitative estimate of drug-likeness (QED) is 0.140. The molecule has 4 N–H and O–H groups in total. The summed E-state index contributed by atoms with van der Waals surface area (Å²) >= 11 is 12.4. The predicted molar refractivity (Wildman–Crippen MR) is 244 cm³/mol. The molecule has 0 bridgehead atoms. The number of anilines is 6. The maximum Gasteiger partial charge on any atom is 0.219 e. The Labute approximate surface area is 384 Å². The Morgan fingerprint density at radius 1 is 0.450 bits per heavy atom. The first kappa shape index (κ1) is 44.4. The lowest BCUT2D eigenvalue weighted by molar-refractivity contribution is -0.662. The van der Waals surface area contributed by atoms with Crippen LogP contribution in [-0.2, 0) is 25.9 Å². The van der Waals surface area contributed by atoms with E-state index in [0.29, 0.717) is 0 Å². The first-order chi connectivity index (χ1) is 28.0. The van der Waals surface area contributed by atoms with E-state index in [4.69, 9.17) is 34.7 Å². The van der Waals surface area contributed by atoms with Crippen LogP contribution in [0.15, 0.2) is 146 Å². The number of benzene rings is 6. The predicted octanol–water partition coefficient (Wildman–Crippen LogP) is 5.08. The molecule has 2 aromatic heterocycles. The van der Waals surface area contributed by atoms with Crippen LogP contribution in [0.3, 0.4) is 0 Å². The molecule has 306 valence electrons. The summed E-state index contributed by atoms with van der Waals surface area (Å²) in [6.45, 7) is 5.70. The number of aromatic nitrogens is 2. The Hall–Kier alpha value is -5.12. The number of aryl methyl sites for hydroxylation is 4. The van der Waals surface area contributed by atoms with Crippen LogP contribution in [0.25, 0.3) is 21.8 Å². The minimum atomic E-state index is 0. The molecule has 0 aliphatic heterocycles. The van der Waals surface area contributed by atoms with Crippen molar-refractivity contribution >= 4 is 79.1 Å². The normalized spacial score (nSPS) is 11.0. The molecule has 8 aromatic rings. The topological polar surface area (TPSA) is 66.3 Å². The van der Waals surface area contributed by atoms with Gasteiger partial charge < -0.3 is 55.2 Å². The zero-order valence-corrected chi connectivity index (χ0v) is 38.8. The van der Waals surface area contributed by atoms with E-state index in [2.05, 4.69) is 132 Å². The summed E-state index contributed by atoms with van der Waals surface area (Å²) in [4.78, 5) is 4.39. The first-order valence-electron chi connectivity index (χ1n) is 19.6. The second-order valence-electron chi connectivity index (χ2n) is 15.2. The Kier molecular flexibility index (Phi) is 14.1. The molecule has 0 amide bonds. The van der Waals surface area contributed by atoms with E-state index < -0.39 is 0 Å². The van der Waals surface area contributed by atoms with E-state index in [1.54, 1.807) is 0 Å². The van der Waals surface area contributed by atoms with Crippen LogP contribution in [0.1, 0.15) is 33.4 Å². The average molecular weight is 964 g/mol. The monoisotopic (exact) mass is 960 g/mol. The highest BCUT2D eigenvalue weighted by Crippen LogP contribution is 2.35. The molecule has 60 heavy (non-hydrogen) atoms. The fourth-order valence-electron chi connectivity index (χ4n) is 8.00. The number of nitrogens with two attached hydrogens (primary N) is 2. The Morgan fingerprint density at radius 2 is 0.783 bits per heavy atom. The first-order valence-corrected chi connectivity index (χ1v) is 20.4. The molecule has 0 aliphatic carbocycles. The van der Waals surface area contributed by atoms with Gasteiger partial charge in [-0.2, -0.15) is 9.13 Å². The maximum atomic E-state index is 6.46. The molecule has 0 atom stereocenters. The molecule has 0 spiro atoms. The van der Waals surface area contributed by atoms with Crippen molar-refractivity contribution in [3.8, 4) is 0 Å². The van der Waals surface area contributed by atoms with Gasteiger partial charge in [0.1, 0.15) is 0 Å². The molecule has 6 aromatic carbocycles. The van der Waals surface area contributed by atoms with Gasteiger partial charge in [0.25, 0.3) is 0 Å². The lowest BCUT2D eigenvalue weighted by Gasteiger charge is -2.21. The minimum absolute atomic E-state index is 0. The largest absolute Gasteiger partial charge is 1.00 e. The number of nitrogen functional groups attached to an aromatic ring is 2. The standard InChI is InChI=1S/C50H46Cl2N6.2BrH/c1-33-45(53)25-23-43-47(55(3)41-19-15-39(51)16-20-41)27-29-57(49(33)43)31-37-11-7-35(8-12-37)5-6-36-9-13-38(14-10-36)32-58-30-28-48(44-24-26-46(54)34(2)50(44)58)56(4)42-21-17-40(52)18-22-42;;/h7-30,53-54H,5-6,31-32H2,1-4H3;2*1H. The van der Waals surface area contributed by atoms with Gasteiger partial charge in [0.15, 0.2) is 25.5 Å². The second-order valence-corrected chi connectivity index (χ2v) is 16.1. The van der Waals surface area contributed by atoms with Gasteiger partial charge in [-0.25, -0.2) is 0 Å². The number of hydrogen-bond acceptors (Lipinski definition) is 4. The van der Waals surface area contributed by atoms with Gasteiger partial charge in [0.05, 0.1) is 22.1 Å². The Morgan fingerprint density at radius 3 is 1.13 bits per heavy atom. The fraction of sp³-hybridized carbons (Fsp3) is 0.160. The molecule has 0 aliphatic rings. The molecule has 0 fully saturated rings. The fourth-order valence-corrected chi connectivity index (χ4v) is 8.25. The van der Waals surface area contributed by atoms with E-state index in [1.165, 1.54) is 22.3 Å². The van der Waals surface area contributed by atoms with Gasteiger partial charge >= 0.3 is 0 Å². The van der Waals surface area contributed by atoms with Crippen LogP contribution < -0.4 is 64.4 Å². The van der Waals surface area contributed by atoms with Gasteiger partial charge in [-0.3, -0.25) is 0 Å². The molecule has 2 heterocycles. The third kappa shape index (κ3) is 9.27. The van der Waals surface area contributed by atoms with E-state index in [-0.39, 0.29) is 34.0 Å². The van der Waals surface area contributed by atoms with Crippen molar-refractivity contribution in [1.29, 1.82) is 0 Å². The van der Waals surface area contributed by atoms with Crippen LogP contribution >= 0.6 is 23.2 Å². The third-order valence-electron chi connectivity index (χ3n) is 11.5. The minimum Gasteiger partial charge on any atom is -1.00 e. The lowest BCUT2D eigenvalue weighted by atomic mass is 10.0. The van der Waals surface area contributed by atoms with E-state index >= 15 is 0 Å². The van der Waals surface area contributed by atoms with Crippen molar-refractivity contribution in [2.24, 2.45) is 0 Å². The molecule has 0 saturated carbocycles. The molecular formula is C50H48Br2Cl2N6. The summed E-state index contributed by atoms with van der Waals surface area (Å²) < 4.78 is 4.62. The molecule has 8 rings (SSSR count). The van der Waals surface area contributed by atoms with Crippen LogP contribution in [-0.4, -0.2) is 14.1 Å². The Balaban J connectivity index is 0.00000302. The molecule has 0 radical (unpaired) electrons. The average Bonchev–Trinajstić information content (AvgIpc) is 3.24. The SMILES string of the molecule is Cc1c(N)ccc2c(N(C)c3ccc(Cl)cc3)cc[n+](Cc3ccc(CCc4ccc(C[n+]5ccc(N(C)c6ccc(Cl)cc6)c6ccc(N)c(C)c65)cc4)cc3)c12.[Br-].[Br-]. The number of hydrogen-bond donors (Lipinski definition) is 2. The second kappa shape index (κ2) is 19.1. The molecule has 6 nitrogen and oxygen atoms in total. The number of rotatable bonds is 11. The van der Waals surface area contributed by atoms with Crippen LogP contribution in [0.4, 0.5) is 34.1 Å². The van der Waals surface area contributed by atoms with Crippen molar-refractivity contribution in [2.45, 2.75) is 39.8 Å². The van der Waals surface area contributed by atoms with Crippen molar-refractivity contribution in [1.82, 2.24) is 0 Å². The number of halogens is 4. The van der Waals surface area contributed by atoms with E-state index in [0.717, 1.165) is 103 Å². The van der Waals surface area contributed by atoms with Crippen molar-refractivity contribution < 1.29 is 43.1 Å². The maximum absolute atomic E-state index is 6.46. The Bertz CT molecular complexity index is 2570. The number of pyridine rings is 2. The highest BCUT2D eigenvalue weighted by Gasteiger charge is 2.22. The van der Waals surface area contributed by atoms with Crippen molar-refractivity contribution in [3.63, 3.8) is 0 Å². The zero-order chi connectivity index (χ0) is 40.5. The summed E-state index contributed by atoms with van der Waals surface area (Å²) in [5.41, 5.74) is 28.4. The molecular weight excluding hydrogens is 915 g/mol. The summed E-state index contributed by atoms with van der Waals surface area (Å²) in [6, 6.07) is 46.6. The summed E-state index contributed by atoms with van der Waals surface area (Å²) in [7, 11) is 4.17. The summed E-state index contributed by atoms with van der Waals surface area (Å²) in [5.74, 6) is 0.